The molecule has 1 spiro atoms. The minimum absolute atomic E-state index is 0.0867. The van der Waals surface area contributed by atoms with Gasteiger partial charge in [-0.3, -0.25) is 14.4 Å². The topological polar surface area (TPSA) is 89.9 Å². The quantitative estimate of drug-likeness (QED) is 0.554. The van der Waals surface area contributed by atoms with Gasteiger partial charge in [0.1, 0.15) is 5.76 Å². The van der Waals surface area contributed by atoms with Crippen molar-refractivity contribution in [3.63, 3.8) is 0 Å². The van der Waals surface area contributed by atoms with Crippen LogP contribution in [0, 0.1) is 5.41 Å². The average Bonchev–Trinajstić information content (AvgIpc) is 2.54. The van der Waals surface area contributed by atoms with Crippen LogP contribution < -0.4 is 0 Å². The highest BCUT2D eigenvalue weighted by Gasteiger charge is 2.60. The number of aliphatic hydroxyl groups excluding tert-OH is 1. The second kappa shape index (κ2) is 3.57. The summed E-state index contributed by atoms with van der Waals surface area (Å²) in [7, 11) is 0. The van der Waals surface area contributed by atoms with E-state index in [0.717, 1.165) is 0 Å². The van der Waals surface area contributed by atoms with E-state index in [4.69, 9.17) is 9.47 Å². The van der Waals surface area contributed by atoms with Crippen LogP contribution in [0.15, 0.2) is 11.3 Å². The Hall–Kier alpha value is -1.85. The Labute approximate surface area is 104 Å². The third-order valence-electron chi connectivity index (χ3n) is 3.18. The van der Waals surface area contributed by atoms with Crippen molar-refractivity contribution in [1.29, 1.82) is 0 Å². The molecule has 0 aromatic rings. The van der Waals surface area contributed by atoms with Gasteiger partial charge in [0.05, 0.1) is 0 Å². The molecule has 1 fully saturated rings. The van der Waals surface area contributed by atoms with Crippen molar-refractivity contribution in [3.05, 3.63) is 11.3 Å². The molecule has 6 nitrogen and oxygen atoms in total. The van der Waals surface area contributed by atoms with E-state index in [-0.39, 0.29) is 30.0 Å². The molecule has 0 amide bonds. The van der Waals surface area contributed by atoms with Crippen molar-refractivity contribution in [2.24, 2.45) is 5.41 Å². The van der Waals surface area contributed by atoms with Gasteiger partial charge in [-0.2, -0.15) is 0 Å². The molecule has 0 saturated carbocycles. The average molecular weight is 254 g/mol. The predicted octanol–water partition coefficient (Wildman–Crippen LogP) is 1.00. The van der Waals surface area contributed by atoms with Gasteiger partial charge in [0.2, 0.25) is 0 Å². The summed E-state index contributed by atoms with van der Waals surface area (Å²) in [6.45, 7) is 4.17. The standard InChI is InChI=1S/C12H14O6/c1-6(13)7-4-12(5-8(7)14)9(15)17-11(2,3)18-10(12)16/h14H,4-5H2,1-3H3. The van der Waals surface area contributed by atoms with E-state index in [2.05, 4.69) is 0 Å². The first kappa shape index (κ1) is 12.6. The fourth-order valence-corrected chi connectivity index (χ4v) is 2.22. The van der Waals surface area contributed by atoms with Crippen LogP contribution in [0.1, 0.15) is 33.6 Å². The normalized spacial score (nSPS) is 25.1. The Morgan fingerprint density at radius 2 is 1.67 bits per heavy atom. The summed E-state index contributed by atoms with van der Waals surface area (Å²) in [6.07, 6.45) is -0.405. The lowest BCUT2D eigenvalue weighted by molar-refractivity contribution is -0.250. The van der Waals surface area contributed by atoms with E-state index >= 15 is 0 Å². The van der Waals surface area contributed by atoms with E-state index in [1.54, 1.807) is 0 Å². The zero-order chi connectivity index (χ0) is 13.7. The maximum atomic E-state index is 12.0. The zero-order valence-electron chi connectivity index (χ0n) is 10.4. The van der Waals surface area contributed by atoms with Gasteiger partial charge in [-0.15, -0.1) is 0 Å². The van der Waals surface area contributed by atoms with E-state index in [0.29, 0.717) is 0 Å². The Balaban J connectivity index is 2.34. The summed E-state index contributed by atoms with van der Waals surface area (Å²) in [5.41, 5.74) is -1.51. The first-order valence-corrected chi connectivity index (χ1v) is 5.57. The zero-order valence-corrected chi connectivity index (χ0v) is 10.4. The van der Waals surface area contributed by atoms with Crippen LogP contribution >= 0.6 is 0 Å². The molecule has 0 atom stereocenters. The second-order valence-electron chi connectivity index (χ2n) is 5.10. The summed E-state index contributed by atoms with van der Waals surface area (Å²) in [6, 6.07) is 0. The smallest absolute Gasteiger partial charge is 0.327 e. The number of hydrogen-bond donors (Lipinski definition) is 1. The van der Waals surface area contributed by atoms with Crippen molar-refractivity contribution < 1.29 is 29.0 Å². The van der Waals surface area contributed by atoms with E-state index in [1.165, 1.54) is 20.8 Å². The van der Waals surface area contributed by atoms with Gasteiger partial charge in [-0.05, 0) is 6.92 Å². The molecule has 0 unspecified atom stereocenters. The molecule has 6 heteroatoms. The number of esters is 2. The summed E-state index contributed by atoms with van der Waals surface area (Å²) < 4.78 is 10.1. The van der Waals surface area contributed by atoms with Crippen molar-refractivity contribution >= 4 is 17.7 Å². The summed E-state index contributed by atoms with van der Waals surface area (Å²) in [4.78, 5) is 35.3. The number of carbonyl (C=O) groups excluding carboxylic acids is 3. The predicted molar refractivity (Wildman–Crippen MR) is 58.3 cm³/mol. The summed E-state index contributed by atoms with van der Waals surface area (Å²) in [5, 5.41) is 9.69. The fraction of sp³-hybridized carbons (Fsp3) is 0.583. The molecular weight excluding hydrogens is 240 g/mol. The number of rotatable bonds is 1. The number of hydrogen-bond acceptors (Lipinski definition) is 6. The fourth-order valence-electron chi connectivity index (χ4n) is 2.22. The molecule has 18 heavy (non-hydrogen) atoms. The monoisotopic (exact) mass is 254 g/mol. The highest BCUT2D eigenvalue weighted by Crippen LogP contribution is 2.47. The van der Waals surface area contributed by atoms with E-state index < -0.39 is 23.1 Å². The van der Waals surface area contributed by atoms with Crippen LogP contribution in [-0.4, -0.2) is 28.6 Å². The minimum atomic E-state index is -1.60. The lowest BCUT2D eigenvalue weighted by Crippen LogP contribution is -2.53. The van der Waals surface area contributed by atoms with Gasteiger partial charge in [0.15, 0.2) is 11.2 Å². The molecule has 2 rings (SSSR count). The first-order valence-electron chi connectivity index (χ1n) is 5.57. The van der Waals surface area contributed by atoms with Crippen LogP contribution in [0.4, 0.5) is 0 Å². The second-order valence-corrected chi connectivity index (χ2v) is 5.10. The Bertz CT molecular complexity index is 465. The molecule has 2 aliphatic rings. The Morgan fingerprint density at radius 1 is 1.17 bits per heavy atom. The number of carbonyl (C=O) groups is 3. The van der Waals surface area contributed by atoms with Crippen molar-refractivity contribution in [2.75, 3.05) is 0 Å². The number of aliphatic hydroxyl groups is 1. The molecular formula is C12H14O6. The maximum absolute atomic E-state index is 12.0. The van der Waals surface area contributed by atoms with Gasteiger partial charge in [0.25, 0.3) is 5.79 Å². The molecule has 98 valence electrons. The summed E-state index contributed by atoms with van der Waals surface area (Å²) >= 11 is 0. The molecule has 1 aliphatic carbocycles. The number of ether oxygens (including phenoxy) is 2. The molecule has 1 N–H and O–H groups in total. The third-order valence-corrected chi connectivity index (χ3v) is 3.18. The highest BCUT2D eigenvalue weighted by atomic mass is 16.7. The van der Waals surface area contributed by atoms with Gasteiger partial charge in [-0.25, -0.2) is 0 Å². The van der Waals surface area contributed by atoms with Gasteiger partial charge >= 0.3 is 11.9 Å². The molecule has 1 saturated heterocycles. The third kappa shape index (κ3) is 1.68. The van der Waals surface area contributed by atoms with Crippen LogP contribution in [0.25, 0.3) is 0 Å². The van der Waals surface area contributed by atoms with Crippen molar-refractivity contribution in [1.82, 2.24) is 0 Å². The Morgan fingerprint density at radius 3 is 2.06 bits per heavy atom. The molecule has 0 aromatic heterocycles. The van der Waals surface area contributed by atoms with Crippen molar-refractivity contribution in [3.8, 4) is 0 Å². The van der Waals surface area contributed by atoms with Crippen LogP contribution in [0.2, 0.25) is 0 Å². The van der Waals surface area contributed by atoms with Crippen LogP contribution in [-0.2, 0) is 23.9 Å². The number of cyclic esters (lactones) is 2. The van der Waals surface area contributed by atoms with Crippen molar-refractivity contribution in [2.45, 2.75) is 39.4 Å². The van der Waals surface area contributed by atoms with Gasteiger partial charge < -0.3 is 14.6 Å². The SMILES string of the molecule is CC(=O)C1=C(O)CC2(C1)C(=O)OC(C)(C)OC2=O. The lowest BCUT2D eigenvalue weighted by atomic mass is 9.83. The molecule has 1 heterocycles. The number of ketones is 1. The largest absolute Gasteiger partial charge is 0.512 e. The lowest BCUT2D eigenvalue weighted by Gasteiger charge is -2.38. The molecule has 0 bridgehead atoms. The molecule has 1 aliphatic heterocycles. The highest BCUT2D eigenvalue weighted by molar-refractivity contribution is 6.06. The molecule has 0 aromatic carbocycles. The Kier molecular flexibility index (Phi) is 2.50. The van der Waals surface area contributed by atoms with Gasteiger partial charge in [-0.1, -0.05) is 0 Å². The maximum Gasteiger partial charge on any atom is 0.327 e. The first-order chi connectivity index (χ1) is 8.18. The van der Waals surface area contributed by atoms with Crippen LogP contribution in [0.3, 0.4) is 0 Å². The van der Waals surface area contributed by atoms with Gasteiger partial charge in [0, 0.05) is 32.3 Å². The van der Waals surface area contributed by atoms with Crippen LogP contribution in [0.5, 0.6) is 0 Å². The number of Topliss-reactive ketones (excluding diaryl/α,β-unsaturated/α-hetero) is 1. The number of allylic oxidation sites excluding steroid dienone is 2. The molecule has 0 radical (unpaired) electrons. The van der Waals surface area contributed by atoms with E-state index in [9.17, 15) is 19.5 Å². The summed E-state index contributed by atoms with van der Waals surface area (Å²) in [5.74, 6) is -3.43. The minimum Gasteiger partial charge on any atom is -0.512 e. The van der Waals surface area contributed by atoms with E-state index in [1.807, 2.05) is 0 Å².